The Hall–Kier alpha value is -4.22. The maximum atomic E-state index is 12.8. The van der Waals surface area contributed by atoms with Crippen molar-refractivity contribution in [1.82, 2.24) is 0 Å². The first kappa shape index (κ1) is 63.8. The molecule has 382 valence electrons. The zero-order valence-corrected chi connectivity index (χ0v) is 43.8. The van der Waals surface area contributed by atoms with Crippen molar-refractivity contribution in [3.63, 3.8) is 0 Å². The maximum absolute atomic E-state index is 12.8. The van der Waals surface area contributed by atoms with Crippen molar-refractivity contribution in [3.05, 3.63) is 146 Å². The van der Waals surface area contributed by atoms with E-state index in [0.29, 0.717) is 19.4 Å². The third-order valence-electron chi connectivity index (χ3n) is 10.8. The number of hydrogen-bond donors (Lipinski definition) is 0. The molecule has 0 aliphatic rings. The third-order valence-corrected chi connectivity index (χ3v) is 10.8. The fraction of sp³-hybridized carbons (Fsp3) is 0.587. The summed E-state index contributed by atoms with van der Waals surface area (Å²) in [5.41, 5.74) is 0. The predicted molar refractivity (Wildman–Crippen MR) is 297 cm³/mol. The van der Waals surface area contributed by atoms with Crippen LogP contribution < -0.4 is 0 Å². The van der Waals surface area contributed by atoms with Crippen molar-refractivity contribution in [2.24, 2.45) is 0 Å². The van der Waals surface area contributed by atoms with Gasteiger partial charge in [-0.1, -0.05) is 205 Å². The normalized spacial score (nSPS) is 13.4. The van der Waals surface area contributed by atoms with Crippen LogP contribution in [0.25, 0.3) is 0 Å². The van der Waals surface area contributed by atoms with E-state index < -0.39 is 6.10 Å². The van der Waals surface area contributed by atoms with Gasteiger partial charge in [-0.05, 0) is 141 Å². The molecule has 0 amide bonds. The van der Waals surface area contributed by atoms with Crippen LogP contribution in [0.5, 0.6) is 0 Å². The van der Waals surface area contributed by atoms with Crippen molar-refractivity contribution in [3.8, 4) is 0 Å². The van der Waals surface area contributed by atoms with Crippen LogP contribution >= 0.6 is 0 Å². The Bertz CT molecular complexity index is 1480. The number of hydrogen-bond acceptors (Lipinski definition) is 5. The van der Waals surface area contributed by atoms with E-state index in [-0.39, 0.29) is 25.2 Å². The zero-order valence-electron chi connectivity index (χ0n) is 43.8. The Morgan fingerprint density at radius 1 is 0.338 bits per heavy atom. The van der Waals surface area contributed by atoms with Gasteiger partial charge in [0.2, 0.25) is 0 Å². The molecule has 0 aromatic heterocycles. The van der Waals surface area contributed by atoms with Crippen LogP contribution in [0.2, 0.25) is 0 Å². The number of rotatable bonds is 48. The second-order valence-corrected chi connectivity index (χ2v) is 17.4. The Kier molecular flexibility index (Phi) is 53.6. The van der Waals surface area contributed by atoms with Crippen LogP contribution in [0.4, 0.5) is 0 Å². The molecule has 0 saturated heterocycles. The van der Waals surface area contributed by atoms with Gasteiger partial charge in [0.15, 0.2) is 6.10 Å². The summed E-state index contributed by atoms with van der Waals surface area (Å²) in [4.78, 5) is 25.5. The average Bonchev–Trinajstić information content (AvgIpc) is 3.34. The lowest BCUT2D eigenvalue weighted by Crippen LogP contribution is -2.30. The summed E-state index contributed by atoms with van der Waals surface area (Å²) < 4.78 is 17.3. The first-order chi connectivity index (χ1) is 33.6. The molecule has 0 aromatic carbocycles. The summed E-state index contributed by atoms with van der Waals surface area (Å²) in [5.74, 6) is -0.495. The van der Waals surface area contributed by atoms with Gasteiger partial charge in [-0.25, -0.2) is 0 Å². The lowest BCUT2D eigenvalue weighted by atomic mass is 10.1. The van der Waals surface area contributed by atoms with E-state index in [1.54, 1.807) is 0 Å². The van der Waals surface area contributed by atoms with Gasteiger partial charge in [0.05, 0.1) is 6.61 Å². The molecule has 0 radical (unpaired) electrons. The summed E-state index contributed by atoms with van der Waals surface area (Å²) in [6.45, 7) is 7.39. The highest BCUT2D eigenvalue weighted by molar-refractivity contribution is 5.70. The van der Waals surface area contributed by atoms with Crippen LogP contribution in [0.3, 0.4) is 0 Å². The first-order valence-electron chi connectivity index (χ1n) is 27.4. The molecule has 0 aliphatic heterocycles. The second-order valence-electron chi connectivity index (χ2n) is 17.4. The van der Waals surface area contributed by atoms with Crippen LogP contribution in [0, 0.1) is 0 Å². The third kappa shape index (κ3) is 54.4. The van der Waals surface area contributed by atoms with E-state index in [4.69, 9.17) is 14.2 Å². The molecule has 0 aromatic rings. The lowest BCUT2D eigenvalue weighted by molar-refractivity contribution is -0.163. The lowest BCUT2D eigenvalue weighted by Gasteiger charge is -2.18. The van der Waals surface area contributed by atoms with Crippen molar-refractivity contribution < 1.29 is 23.8 Å². The smallest absolute Gasteiger partial charge is 0.306 e. The van der Waals surface area contributed by atoms with Gasteiger partial charge >= 0.3 is 11.9 Å². The second kappa shape index (κ2) is 57.1. The molecule has 0 bridgehead atoms. The number of esters is 2. The average molecular weight is 937 g/mol. The molecule has 0 N–H and O–H groups in total. The van der Waals surface area contributed by atoms with E-state index in [1.165, 1.54) is 44.9 Å². The van der Waals surface area contributed by atoms with E-state index in [9.17, 15) is 9.59 Å². The number of unbranched alkanes of at least 4 members (excludes halogenated alkanes) is 13. The highest BCUT2D eigenvalue weighted by atomic mass is 16.6. The summed E-state index contributed by atoms with van der Waals surface area (Å²) in [6, 6.07) is 0. The monoisotopic (exact) mass is 937 g/mol. The number of carbonyl (C=O) groups excluding carboxylic acids is 2. The quantitative estimate of drug-likeness (QED) is 0.0346. The molecular formula is C63H100O5. The van der Waals surface area contributed by atoms with Gasteiger partial charge in [0.25, 0.3) is 0 Å². The van der Waals surface area contributed by atoms with Gasteiger partial charge in [-0.15, -0.1) is 0 Å². The minimum Gasteiger partial charge on any atom is -0.462 e. The van der Waals surface area contributed by atoms with Gasteiger partial charge in [-0.3, -0.25) is 9.59 Å². The molecule has 5 nitrogen and oxygen atoms in total. The molecule has 0 saturated carbocycles. The zero-order chi connectivity index (χ0) is 49.2. The van der Waals surface area contributed by atoms with Gasteiger partial charge in [-0.2, -0.15) is 0 Å². The van der Waals surface area contributed by atoms with Crippen molar-refractivity contribution >= 4 is 11.9 Å². The highest BCUT2D eigenvalue weighted by Gasteiger charge is 2.17. The molecular weight excluding hydrogens is 837 g/mol. The Labute approximate surface area is 419 Å². The molecule has 0 aliphatic carbocycles. The SMILES string of the molecule is CC/C=C\C/C=C\C/C=C\C/C=C\C/C=C\CCCCOCC(COC(=O)CCCCCCCC/C=C\C/C=C\C/C=C\CCCCC)OC(=O)CCCC/C=C\C/C=C\C/C=C\C/C=C\CC. The Morgan fingerprint density at radius 2 is 0.662 bits per heavy atom. The summed E-state index contributed by atoms with van der Waals surface area (Å²) >= 11 is 0. The fourth-order valence-corrected chi connectivity index (χ4v) is 6.83. The van der Waals surface area contributed by atoms with E-state index in [2.05, 4.69) is 167 Å². The standard InChI is InChI=1S/C63H100O5/c1-4-7-10-13-16-19-22-25-28-30-32-33-36-38-41-44-47-50-53-56-62(64)67-60-61(68-63(65)57-54-51-48-45-42-39-35-27-24-21-18-15-12-9-6-3)59-66-58-55-52-49-46-43-40-37-34-31-29-26-23-20-17-14-11-8-5-2/h8-9,11-12,16-21,25-29,32-35,37,42-43,45-46,61H,4-7,10,13-15,22-24,30-31,36,38-41,44,47-60H2,1-3H3/b11-8-,12-9-,19-16-,20-17-,21-18-,28-25-,29-26-,33-32-,35-27-,37-34-,45-42-,46-43-. The molecule has 0 rings (SSSR count). The van der Waals surface area contributed by atoms with Crippen LogP contribution in [-0.4, -0.2) is 37.9 Å². The molecule has 0 spiro atoms. The van der Waals surface area contributed by atoms with Crippen molar-refractivity contribution in [2.45, 2.75) is 219 Å². The van der Waals surface area contributed by atoms with E-state index in [1.807, 2.05) is 0 Å². The van der Waals surface area contributed by atoms with Gasteiger partial charge < -0.3 is 14.2 Å². The minimum absolute atomic E-state index is 0.0338. The van der Waals surface area contributed by atoms with E-state index >= 15 is 0 Å². The maximum Gasteiger partial charge on any atom is 0.306 e. The molecule has 1 atom stereocenters. The van der Waals surface area contributed by atoms with Crippen molar-refractivity contribution in [1.29, 1.82) is 0 Å². The van der Waals surface area contributed by atoms with Crippen LogP contribution in [0.15, 0.2) is 146 Å². The number of allylic oxidation sites excluding steroid dienone is 24. The summed E-state index contributed by atoms with van der Waals surface area (Å²) in [6.07, 6.45) is 83.0. The van der Waals surface area contributed by atoms with Gasteiger partial charge in [0, 0.05) is 19.4 Å². The van der Waals surface area contributed by atoms with Crippen LogP contribution in [0.1, 0.15) is 213 Å². The number of carbonyl (C=O) groups is 2. The van der Waals surface area contributed by atoms with E-state index in [0.717, 1.165) is 135 Å². The molecule has 0 fully saturated rings. The fourth-order valence-electron chi connectivity index (χ4n) is 6.83. The predicted octanol–water partition coefficient (Wildman–Crippen LogP) is 18.9. The molecule has 68 heavy (non-hydrogen) atoms. The summed E-state index contributed by atoms with van der Waals surface area (Å²) in [5, 5.41) is 0. The topological polar surface area (TPSA) is 61.8 Å². The van der Waals surface area contributed by atoms with Crippen molar-refractivity contribution in [2.75, 3.05) is 19.8 Å². The number of ether oxygens (including phenoxy) is 3. The molecule has 1 unspecified atom stereocenters. The first-order valence-corrected chi connectivity index (χ1v) is 27.4. The Morgan fingerprint density at radius 3 is 1.09 bits per heavy atom. The van der Waals surface area contributed by atoms with Crippen LogP contribution in [-0.2, 0) is 23.8 Å². The molecule has 0 heterocycles. The minimum atomic E-state index is -0.598. The largest absolute Gasteiger partial charge is 0.462 e. The van der Waals surface area contributed by atoms with Gasteiger partial charge in [0.1, 0.15) is 6.61 Å². The molecule has 5 heteroatoms. The highest BCUT2D eigenvalue weighted by Crippen LogP contribution is 2.12. The summed E-state index contributed by atoms with van der Waals surface area (Å²) in [7, 11) is 0. The Balaban J connectivity index is 4.47.